The standard InChI is InChI=1S/C14H10ClNO4/c15-13-8-12(16(18)19)7-6-11(13)9-20-14(17)10-4-2-1-3-5-10/h1-8H,9H2. The predicted octanol–water partition coefficient (Wildman–Crippen LogP) is 3.61. The Labute approximate surface area is 119 Å². The molecule has 0 aromatic heterocycles. The van der Waals surface area contributed by atoms with Gasteiger partial charge in [0.15, 0.2) is 0 Å². The van der Waals surface area contributed by atoms with E-state index in [2.05, 4.69) is 0 Å². The summed E-state index contributed by atoms with van der Waals surface area (Å²) in [6.07, 6.45) is 0. The number of hydrogen-bond acceptors (Lipinski definition) is 4. The van der Waals surface area contributed by atoms with Gasteiger partial charge in [-0.2, -0.15) is 0 Å². The van der Waals surface area contributed by atoms with Crippen LogP contribution in [-0.4, -0.2) is 10.9 Å². The monoisotopic (exact) mass is 291 g/mol. The minimum Gasteiger partial charge on any atom is -0.457 e. The van der Waals surface area contributed by atoms with E-state index in [9.17, 15) is 14.9 Å². The summed E-state index contributed by atoms with van der Waals surface area (Å²) >= 11 is 5.91. The van der Waals surface area contributed by atoms with E-state index >= 15 is 0 Å². The van der Waals surface area contributed by atoms with Crippen molar-refractivity contribution in [2.45, 2.75) is 6.61 Å². The Morgan fingerprint density at radius 1 is 1.20 bits per heavy atom. The average Bonchev–Trinajstić information content (AvgIpc) is 2.46. The van der Waals surface area contributed by atoms with Gasteiger partial charge in [-0.05, 0) is 18.2 Å². The normalized spacial score (nSPS) is 10.1. The molecule has 0 fully saturated rings. The van der Waals surface area contributed by atoms with Gasteiger partial charge in [0.1, 0.15) is 6.61 Å². The second-order valence-corrected chi connectivity index (χ2v) is 4.38. The van der Waals surface area contributed by atoms with Crippen LogP contribution in [-0.2, 0) is 11.3 Å². The summed E-state index contributed by atoms with van der Waals surface area (Å²) in [7, 11) is 0. The zero-order valence-electron chi connectivity index (χ0n) is 10.3. The summed E-state index contributed by atoms with van der Waals surface area (Å²) in [5.74, 6) is -0.472. The fraction of sp³-hybridized carbons (Fsp3) is 0.0714. The van der Waals surface area contributed by atoms with Crippen LogP contribution in [0.3, 0.4) is 0 Å². The number of nitro benzene ring substituents is 1. The number of rotatable bonds is 4. The molecule has 2 aromatic rings. The van der Waals surface area contributed by atoms with Gasteiger partial charge in [0.2, 0.25) is 0 Å². The second kappa shape index (κ2) is 6.16. The number of benzene rings is 2. The Morgan fingerprint density at radius 2 is 1.90 bits per heavy atom. The fourth-order valence-corrected chi connectivity index (χ4v) is 1.80. The third-order valence-corrected chi connectivity index (χ3v) is 2.97. The minimum atomic E-state index is -0.536. The van der Waals surface area contributed by atoms with Crippen molar-refractivity contribution in [1.82, 2.24) is 0 Å². The molecule has 102 valence electrons. The van der Waals surface area contributed by atoms with Crippen LogP contribution >= 0.6 is 11.6 Å². The SMILES string of the molecule is O=C(OCc1ccc([N+](=O)[O-])cc1Cl)c1ccccc1. The van der Waals surface area contributed by atoms with E-state index in [1.165, 1.54) is 18.2 Å². The van der Waals surface area contributed by atoms with E-state index < -0.39 is 10.9 Å². The molecule has 6 heteroatoms. The van der Waals surface area contributed by atoms with Crippen LogP contribution in [0.25, 0.3) is 0 Å². The summed E-state index contributed by atoms with van der Waals surface area (Å²) in [6.45, 7) is -0.0371. The smallest absolute Gasteiger partial charge is 0.338 e. The molecule has 2 rings (SSSR count). The quantitative estimate of drug-likeness (QED) is 0.490. The van der Waals surface area contributed by atoms with Crippen molar-refractivity contribution in [3.8, 4) is 0 Å². The number of non-ortho nitro benzene ring substituents is 1. The first-order chi connectivity index (χ1) is 9.58. The number of halogens is 1. The van der Waals surface area contributed by atoms with E-state index in [0.29, 0.717) is 11.1 Å². The highest BCUT2D eigenvalue weighted by molar-refractivity contribution is 6.31. The highest BCUT2D eigenvalue weighted by atomic mass is 35.5. The highest BCUT2D eigenvalue weighted by Gasteiger charge is 2.12. The topological polar surface area (TPSA) is 69.4 Å². The predicted molar refractivity (Wildman–Crippen MR) is 73.7 cm³/mol. The number of carbonyl (C=O) groups excluding carboxylic acids is 1. The molecule has 0 unspecified atom stereocenters. The molecule has 0 saturated carbocycles. The molecule has 0 N–H and O–H groups in total. The van der Waals surface area contributed by atoms with Crippen LogP contribution in [0.15, 0.2) is 48.5 Å². The molecule has 5 nitrogen and oxygen atoms in total. The molecule has 20 heavy (non-hydrogen) atoms. The molecule has 0 heterocycles. The van der Waals surface area contributed by atoms with Crippen molar-refractivity contribution >= 4 is 23.3 Å². The van der Waals surface area contributed by atoms with Gasteiger partial charge in [0.05, 0.1) is 15.5 Å². The van der Waals surface area contributed by atoms with Crippen molar-refractivity contribution in [3.63, 3.8) is 0 Å². The van der Waals surface area contributed by atoms with Gasteiger partial charge in [-0.15, -0.1) is 0 Å². The molecule has 0 amide bonds. The maximum Gasteiger partial charge on any atom is 0.338 e. The molecular formula is C14H10ClNO4. The van der Waals surface area contributed by atoms with Gasteiger partial charge in [-0.3, -0.25) is 10.1 Å². The molecule has 0 atom stereocenters. The Balaban J connectivity index is 2.04. The lowest BCUT2D eigenvalue weighted by Crippen LogP contribution is -2.05. The van der Waals surface area contributed by atoms with Gasteiger partial charge < -0.3 is 4.74 Å². The van der Waals surface area contributed by atoms with Crippen LogP contribution in [0.4, 0.5) is 5.69 Å². The van der Waals surface area contributed by atoms with E-state index in [-0.39, 0.29) is 17.3 Å². The van der Waals surface area contributed by atoms with Crippen LogP contribution in [0.1, 0.15) is 15.9 Å². The number of hydrogen-bond donors (Lipinski definition) is 0. The first kappa shape index (κ1) is 14.0. The third-order valence-electron chi connectivity index (χ3n) is 2.62. The van der Waals surface area contributed by atoms with Gasteiger partial charge in [-0.25, -0.2) is 4.79 Å². The van der Waals surface area contributed by atoms with Crippen LogP contribution in [0.5, 0.6) is 0 Å². The summed E-state index contributed by atoms with van der Waals surface area (Å²) in [6, 6.07) is 12.6. The first-order valence-corrected chi connectivity index (χ1v) is 6.10. The molecule has 0 aliphatic rings. The number of carbonyl (C=O) groups is 1. The van der Waals surface area contributed by atoms with Crippen LogP contribution in [0, 0.1) is 10.1 Å². The third kappa shape index (κ3) is 3.33. The van der Waals surface area contributed by atoms with Gasteiger partial charge >= 0.3 is 5.97 Å². The van der Waals surface area contributed by atoms with Crippen molar-refractivity contribution < 1.29 is 14.5 Å². The van der Waals surface area contributed by atoms with Crippen molar-refractivity contribution in [2.75, 3.05) is 0 Å². The summed E-state index contributed by atoms with van der Waals surface area (Å²) in [5, 5.41) is 10.8. The maximum atomic E-state index is 11.7. The molecule has 0 spiro atoms. The Kier molecular flexibility index (Phi) is 4.32. The first-order valence-electron chi connectivity index (χ1n) is 5.73. The lowest BCUT2D eigenvalue weighted by molar-refractivity contribution is -0.384. The maximum absolute atomic E-state index is 11.7. The van der Waals surface area contributed by atoms with Crippen molar-refractivity contribution in [3.05, 3.63) is 74.8 Å². The Hall–Kier alpha value is -2.40. The number of nitrogens with zero attached hydrogens (tertiary/aromatic N) is 1. The summed E-state index contributed by atoms with van der Waals surface area (Å²) in [4.78, 5) is 21.8. The molecule has 0 aliphatic carbocycles. The largest absolute Gasteiger partial charge is 0.457 e. The van der Waals surface area contributed by atoms with Crippen LogP contribution < -0.4 is 0 Å². The molecule has 0 saturated heterocycles. The second-order valence-electron chi connectivity index (χ2n) is 3.97. The van der Waals surface area contributed by atoms with Crippen molar-refractivity contribution in [1.29, 1.82) is 0 Å². The lowest BCUT2D eigenvalue weighted by Gasteiger charge is -2.06. The zero-order valence-corrected chi connectivity index (χ0v) is 11.0. The summed E-state index contributed by atoms with van der Waals surface area (Å²) < 4.78 is 5.10. The van der Waals surface area contributed by atoms with Gasteiger partial charge in [0, 0.05) is 17.7 Å². The summed E-state index contributed by atoms with van der Waals surface area (Å²) in [5.41, 5.74) is 0.847. The Bertz CT molecular complexity index is 643. The van der Waals surface area contributed by atoms with E-state index in [0.717, 1.165) is 0 Å². The van der Waals surface area contributed by atoms with Crippen LogP contribution in [0.2, 0.25) is 5.02 Å². The van der Waals surface area contributed by atoms with Gasteiger partial charge in [0.25, 0.3) is 5.69 Å². The average molecular weight is 292 g/mol. The van der Waals surface area contributed by atoms with E-state index in [1.807, 2.05) is 0 Å². The highest BCUT2D eigenvalue weighted by Crippen LogP contribution is 2.23. The molecule has 2 aromatic carbocycles. The number of ether oxygens (including phenoxy) is 1. The molecule has 0 bridgehead atoms. The Morgan fingerprint density at radius 3 is 2.50 bits per heavy atom. The van der Waals surface area contributed by atoms with E-state index in [4.69, 9.17) is 16.3 Å². The number of esters is 1. The minimum absolute atomic E-state index is 0.0371. The van der Waals surface area contributed by atoms with E-state index in [1.54, 1.807) is 30.3 Å². The molecule has 0 aliphatic heterocycles. The number of nitro groups is 1. The van der Waals surface area contributed by atoms with Crippen molar-refractivity contribution in [2.24, 2.45) is 0 Å². The molecule has 0 radical (unpaired) electrons. The zero-order chi connectivity index (χ0) is 14.5. The fourth-order valence-electron chi connectivity index (χ4n) is 1.57. The molecular weight excluding hydrogens is 282 g/mol. The van der Waals surface area contributed by atoms with Gasteiger partial charge in [-0.1, -0.05) is 29.8 Å². The lowest BCUT2D eigenvalue weighted by atomic mass is 10.2.